The quantitative estimate of drug-likeness (QED) is 0.125. The van der Waals surface area contributed by atoms with Crippen LogP contribution in [0.15, 0.2) is 102 Å². The highest BCUT2D eigenvalue weighted by Gasteiger charge is 2.30. The van der Waals surface area contributed by atoms with Crippen molar-refractivity contribution in [2.75, 3.05) is 25.4 Å². The summed E-state index contributed by atoms with van der Waals surface area (Å²) in [5.74, 6) is 1.97. The fraction of sp³-hybridized carbons (Fsp3) is 0.297. The monoisotopic (exact) mass is 617 g/mol. The average Bonchev–Trinajstić information content (AvgIpc) is 3.46. The maximum Gasteiger partial charge on any atom is 0.254 e. The number of benzene rings is 4. The van der Waals surface area contributed by atoms with Crippen molar-refractivity contribution in [2.24, 2.45) is 0 Å². The van der Waals surface area contributed by atoms with Gasteiger partial charge in [0.1, 0.15) is 5.82 Å². The Morgan fingerprint density at radius 3 is 2.42 bits per heavy atom. The van der Waals surface area contributed by atoms with Gasteiger partial charge in [0, 0.05) is 49.8 Å². The summed E-state index contributed by atoms with van der Waals surface area (Å²) < 4.78 is 2.18. The van der Waals surface area contributed by atoms with Crippen molar-refractivity contribution in [1.82, 2.24) is 24.6 Å². The summed E-state index contributed by atoms with van der Waals surface area (Å²) in [5.41, 5.74) is 4.19. The summed E-state index contributed by atoms with van der Waals surface area (Å²) in [4.78, 5) is 30.5. The number of amides is 2. The zero-order valence-corrected chi connectivity index (χ0v) is 26.7. The van der Waals surface area contributed by atoms with Gasteiger partial charge >= 0.3 is 0 Å². The van der Waals surface area contributed by atoms with E-state index >= 15 is 0 Å². The van der Waals surface area contributed by atoms with Gasteiger partial charge in [0.05, 0.1) is 5.69 Å². The molecule has 230 valence electrons. The zero-order valence-electron chi connectivity index (χ0n) is 25.9. The van der Waals surface area contributed by atoms with Crippen LogP contribution < -0.4 is 0 Å². The SMILES string of the molecule is Cc1ccccc1-n1c(Cc2ccccc2)nnc1SCCCCC(=O)N1CCN(C(=O)c2cccc3ccccc23)C(C)C1. The van der Waals surface area contributed by atoms with Crippen LogP contribution in [-0.2, 0) is 11.2 Å². The molecular weight excluding hydrogens is 579 g/mol. The first-order chi connectivity index (χ1) is 22.0. The van der Waals surface area contributed by atoms with Gasteiger partial charge in [0.15, 0.2) is 5.16 Å². The minimum absolute atomic E-state index is 0.0360. The van der Waals surface area contributed by atoms with Crippen molar-refractivity contribution in [1.29, 1.82) is 0 Å². The van der Waals surface area contributed by atoms with Gasteiger partial charge in [-0.05, 0) is 60.7 Å². The van der Waals surface area contributed by atoms with E-state index in [4.69, 9.17) is 0 Å². The second-order valence-corrected chi connectivity index (χ2v) is 12.8. The molecule has 2 amide bonds. The third kappa shape index (κ3) is 6.96. The van der Waals surface area contributed by atoms with E-state index in [0.29, 0.717) is 32.5 Å². The number of hydrogen-bond acceptors (Lipinski definition) is 5. The fourth-order valence-electron chi connectivity index (χ4n) is 6.10. The Morgan fingerprint density at radius 1 is 0.844 bits per heavy atom. The lowest BCUT2D eigenvalue weighted by Crippen LogP contribution is -2.55. The predicted molar refractivity (Wildman–Crippen MR) is 181 cm³/mol. The molecule has 4 aromatic carbocycles. The molecule has 2 heterocycles. The number of para-hydroxylation sites is 1. The molecule has 0 saturated carbocycles. The predicted octanol–water partition coefficient (Wildman–Crippen LogP) is 6.96. The molecule has 0 aliphatic carbocycles. The molecule has 1 aliphatic heterocycles. The van der Waals surface area contributed by atoms with E-state index in [1.54, 1.807) is 11.8 Å². The first-order valence-corrected chi connectivity index (χ1v) is 16.7. The summed E-state index contributed by atoms with van der Waals surface area (Å²) >= 11 is 1.69. The minimum atomic E-state index is -0.0392. The number of carbonyl (C=O) groups is 2. The van der Waals surface area contributed by atoms with Gasteiger partial charge in [-0.1, -0.05) is 96.7 Å². The number of piperazine rings is 1. The number of carbonyl (C=O) groups excluding carboxylic acids is 2. The number of rotatable bonds is 10. The second-order valence-electron chi connectivity index (χ2n) is 11.7. The minimum Gasteiger partial charge on any atom is -0.339 e. The first kappa shape index (κ1) is 30.6. The molecular formula is C37H39N5O2S. The number of unbranched alkanes of at least 4 members (excludes halogenated alkanes) is 1. The van der Waals surface area contributed by atoms with Crippen molar-refractivity contribution in [3.63, 3.8) is 0 Å². The highest BCUT2D eigenvalue weighted by Crippen LogP contribution is 2.27. The number of fused-ring (bicyclic) bond motifs is 1. The number of hydrogen-bond donors (Lipinski definition) is 0. The van der Waals surface area contributed by atoms with Crippen molar-refractivity contribution < 1.29 is 9.59 Å². The summed E-state index contributed by atoms with van der Waals surface area (Å²) in [6.07, 6.45) is 2.93. The van der Waals surface area contributed by atoms with Crippen LogP contribution in [0, 0.1) is 6.92 Å². The van der Waals surface area contributed by atoms with Crippen molar-refractivity contribution in [3.05, 3.63) is 120 Å². The summed E-state index contributed by atoms with van der Waals surface area (Å²) in [5, 5.41) is 12.1. The van der Waals surface area contributed by atoms with E-state index in [9.17, 15) is 9.59 Å². The van der Waals surface area contributed by atoms with Gasteiger partial charge in [-0.25, -0.2) is 0 Å². The second kappa shape index (κ2) is 14.1. The molecule has 1 aliphatic rings. The molecule has 8 heteroatoms. The van der Waals surface area contributed by atoms with Crippen LogP contribution in [0.25, 0.3) is 16.5 Å². The molecule has 0 N–H and O–H groups in total. The lowest BCUT2D eigenvalue weighted by Gasteiger charge is -2.40. The highest BCUT2D eigenvalue weighted by molar-refractivity contribution is 7.99. The van der Waals surface area contributed by atoms with Crippen LogP contribution in [0.1, 0.15) is 53.5 Å². The summed E-state index contributed by atoms with van der Waals surface area (Å²) in [6.45, 7) is 5.83. The van der Waals surface area contributed by atoms with Crippen LogP contribution in [0.5, 0.6) is 0 Å². The number of thioether (sulfide) groups is 1. The molecule has 1 unspecified atom stereocenters. The molecule has 1 fully saturated rings. The third-order valence-electron chi connectivity index (χ3n) is 8.54. The van der Waals surface area contributed by atoms with Crippen molar-refractivity contribution >= 4 is 34.3 Å². The van der Waals surface area contributed by atoms with Gasteiger partial charge < -0.3 is 9.80 Å². The lowest BCUT2D eigenvalue weighted by atomic mass is 10.0. The molecule has 5 aromatic rings. The molecule has 1 atom stereocenters. The number of nitrogens with zero attached hydrogens (tertiary/aromatic N) is 5. The summed E-state index contributed by atoms with van der Waals surface area (Å²) in [6, 6.07) is 32.5. The molecule has 7 nitrogen and oxygen atoms in total. The standard InChI is InChI=1S/C37H39N5O2S/c1-27-13-6-9-20-33(27)42-34(25-29-14-4-3-5-15-29)38-39-37(42)45-24-11-10-21-35(43)40-22-23-41(28(2)26-40)36(44)32-19-12-17-30-16-7-8-18-31(30)32/h3-9,12-20,28H,10-11,21-26H2,1-2H3. The molecule has 0 radical (unpaired) electrons. The van der Waals surface area contributed by atoms with Gasteiger partial charge in [0.2, 0.25) is 5.91 Å². The Labute approximate surface area is 269 Å². The smallest absolute Gasteiger partial charge is 0.254 e. The van der Waals surface area contributed by atoms with Crippen molar-refractivity contribution in [2.45, 2.75) is 50.7 Å². The van der Waals surface area contributed by atoms with Crippen LogP contribution in [0.4, 0.5) is 0 Å². The molecule has 45 heavy (non-hydrogen) atoms. The lowest BCUT2D eigenvalue weighted by molar-refractivity contribution is -0.133. The molecule has 6 rings (SSSR count). The van der Waals surface area contributed by atoms with Crippen LogP contribution in [-0.4, -0.2) is 67.8 Å². The van der Waals surface area contributed by atoms with Gasteiger partial charge in [0.25, 0.3) is 5.91 Å². The Balaban J connectivity index is 1.01. The van der Waals surface area contributed by atoms with Gasteiger partial charge in [-0.3, -0.25) is 14.2 Å². The first-order valence-electron chi connectivity index (χ1n) is 15.7. The van der Waals surface area contributed by atoms with E-state index in [1.165, 1.54) is 11.1 Å². The largest absolute Gasteiger partial charge is 0.339 e. The topological polar surface area (TPSA) is 71.3 Å². The Morgan fingerprint density at radius 2 is 1.60 bits per heavy atom. The maximum absolute atomic E-state index is 13.5. The Hall–Kier alpha value is -4.43. The van der Waals surface area contributed by atoms with E-state index < -0.39 is 0 Å². The third-order valence-corrected chi connectivity index (χ3v) is 9.55. The van der Waals surface area contributed by atoms with Gasteiger partial charge in [-0.15, -0.1) is 10.2 Å². The number of aryl methyl sites for hydroxylation is 1. The van der Waals surface area contributed by atoms with Crippen LogP contribution in [0.2, 0.25) is 0 Å². The highest BCUT2D eigenvalue weighted by atomic mass is 32.2. The van der Waals surface area contributed by atoms with E-state index in [1.807, 2.05) is 83.5 Å². The van der Waals surface area contributed by atoms with Crippen LogP contribution >= 0.6 is 11.8 Å². The molecule has 0 bridgehead atoms. The molecule has 0 spiro atoms. The van der Waals surface area contributed by atoms with Gasteiger partial charge in [-0.2, -0.15) is 0 Å². The molecule has 1 aromatic heterocycles. The normalized spacial score (nSPS) is 15.0. The zero-order chi connectivity index (χ0) is 31.2. The van der Waals surface area contributed by atoms with Crippen LogP contribution in [0.3, 0.4) is 0 Å². The summed E-state index contributed by atoms with van der Waals surface area (Å²) in [7, 11) is 0. The average molecular weight is 618 g/mol. The van der Waals surface area contributed by atoms with E-state index in [0.717, 1.165) is 51.6 Å². The van der Waals surface area contributed by atoms with E-state index in [-0.39, 0.29) is 17.9 Å². The Bertz CT molecular complexity index is 1780. The maximum atomic E-state index is 13.5. The van der Waals surface area contributed by atoms with E-state index in [2.05, 4.69) is 52.0 Å². The Kier molecular flexibility index (Phi) is 9.60. The van der Waals surface area contributed by atoms with Crippen molar-refractivity contribution in [3.8, 4) is 5.69 Å². The molecule has 1 saturated heterocycles. The number of aromatic nitrogens is 3. The fourth-order valence-corrected chi connectivity index (χ4v) is 7.06.